The summed E-state index contributed by atoms with van der Waals surface area (Å²) < 4.78 is 0. The van der Waals surface area contributed by atoms with Crippen LogP contribution in [0.2, 0.25) is 0 Å². The van der Waals surface area contributed by atoms with Gasteiger partial charge >= 0.3 is 0 Å². The summed E-state index contributed by atoms with van der Waals surface area (Å²) >= 11 is 0. The molecule has 0 spiro atoms. The van der Waals surface area contributed by atoms with Crippen molar-refractivity contribution in [3.05, 3.63) is 266 Å². The Kier molecular flexibility index (Phi) is 12.2. The van der Waals surface area contributed by atoms with Crippen molar-refractivity contribution in [2.75, 3.05) is 19.6 Å². The molecule has 0 N–H and O–H groups in total. The number of rotatable bonds is 13. The van der Waals surface area contributed by atoms with Gasteiger partial charge in [-0.05, 0) is 172 Å². The van der Waals surface area contributed by atoms with Gasteiger partial charge in [0.1, 0.15) is 0 Å². The summed E-state index contributed by atoms with van der Waals surface area (Å²) in [7, 11) is 0. The molecule has 0 fully saturated rings. The number of benzene rings is 6. The van der Waals surface area contributed by atoms with Crippen LogP contribution in [0, 0.1) is 11.8 Å². The molecule has 0 radical (unpaired) electrons. The molecule has 4 aliphatic carbocycles. The molecular weight excluding hydrogens is 777 g/mol. The summed E-state index contributed by atoms with van der Waals surface area (Å²) in [6, 6.07) is 60.9. The predicted octanol–water partition coefficient (Wildman–Crippen LogP) is 16.3. The van der Waals surface area contributed by atoms with Crippen LogP contribution in [0.3, 0.4) is 0 Å². The third kappa shape index (κ3) is 8.86. The van der Waals surface area contributed by atoms with Crippen LogP contribution in [-0.4, -0.2) is 0 Å². The number of para-hydroxylation sites is 4. The molecule has 0 heterocycles. The van der Waals surface area contributed by atoms with E-state index in [0.717, 1.165) is 84.0 Å². The molecule has 0 amide bonds. The number of hydrogen-bond acceptors (Lipinski definition) is 4. The van der Waals surface area contributed by atoms with Crippen LogP contribution >= 0.6 is 0 Å². The van der Waals surface area contributed by atoms with Gasteiger partial charge in [0.25, 0.3) is 0 Å². The molecule has 0 saturated heterocycles. The van der Waals surface area contributed by atoms with Gasteiger partial charge in [-0.25, -0.2) is 0 Å². The van der Waals surface area contributed by atoms with Crippen LogP contribution in [0.25, 0.3) is 0 Å². The van der Waals surface area contributed by atoms with Crippen molar-refractivity contribution in [1.82, 2.24) is 0 Å². The molecule has 64 heavy (non-hydrogen) atoms. The number of nitrogens with zero attached hydrogens (tertiary/aromatic N) is 4. The van der Waals surface area contributed by atoms with Crippen molar-refractivity contribution < 1.29 is 0 Å². The fraction of sp³-hybridized carbons (Fsp3) is 0.133. The molecule has 0 saturated carbocycles. The van der Waals surface area contributed by atoms with Gasteiger partial charge in [-0.3, -0.25) is 0 Å². The van der Waals surface area contributed by atoms with Crippen molar-refractivity contribution in [3.8, 4) is 0 Å². The normalized spacial score (nSPS) is 17.8. The van der Waals surface area contributed by atoms with E-state index >= 15 is 0 Å². The summed E-state index contributed by atoms with van der Waals surface area (Å²) in [5.41, 5.74) is 14.0. The van der Waals surface area contributed by atoms with E-state index in [2.05, 4.69) is 262 Å². The third-order valence-electron chi connectivity index (χ3n) is 12.6. The maximum absolute atomic E-state index is 2.44. The van der Waals surface area contributed by atoms with Crippen molar-refractivity contribution in [1.29, 1.82) is 0 Å². The van der Waals surface area contributed by atoms with Crippen molar-refractivity contribution in [2.45, 2.75) is 38.5 Å². The highest BCUT2D eigenvalue weighted by molar-refractivity contribution is 5.77. The summed E-state index contributed by atoms with van der Waals surface area (Å²) in [4.78, 5) is 9.50. The SMILES string of the molecule is C1=CC(N(c2ccccc2)c2ccc(N(C3=CCC(C4C=CC(N(c5ccccc5)c5ccc(N(C6=CCCC=C6)c6ccccc6)cc5)=CC4)C=C3)c3ccccc3)cc2)=CCC1. The first-order valence-electron chi connectivity index (χ1n) is 22.9. The molecule has 0 aliphatic heterocycles. The van der Waals surface area contributed by atoms with Gasteiger partial charge in [0, 0.05) is 68.3 Å². The van der Waals surface area contributed by atoms with Crippen LogP contribution in [0.5, 0.6) is 0 Å². The van der Waals surface area contributed by atoms with E-state index in [1.54, 1.807) is 0 Å². The van der Waals surface area contributed by atoms with Gasteiger partial charge in [0.2, 0.25) is 0 Å². The zero-order chi connectivity index (χ0) is 42.9. The lowest BCUT2D eigenvalue weighted by molar-refractivity contribution is 0.474. The first-order valence-corrected chi connectivity index (χ1v) is 22.9. The van der Waals surface area contributed by atoms with E-state index in [1.165, 1.54) is 22.8 Å². The first-order chi connectivity index (χ1) is 31.8. The molecule has 2 unspecified atom stereocenters. The summed E-state index contributed by atoms with van der Waals surface area (Å²) in [5, 5.41) is 0. The molecule has 4 heteroatoms. The Morgan fingerprint density at radius 2 is 0.531 bits per heavy atom. The Labute approximate surface area is 379 Å². The van der Waals surface area contributed by atoms with Gasteiger partial charge in [0.05, 0.1) is 0 Å². The molecule has 4 nitrogen and oxygen atoms in total. The molecule has 10 rings (SSSR count). The lowest BCUT2D eigenvalue weighted by atomic mass is 9.81. The Morgan fingerprint density at radius 3 is 0.766 bits per heavy atom. The smallest absolute Gasteiger partial charge is 0.0462 e. The Morgan fingerprint density at radius 1 is 0.266 bits per heavy atom. The fourth-order valence-electron chi connectivity index (χ4n) is 9.35. The lowest BCUT2D eigenvalue weighted by Crippen LogP contribution is -2.22. The summed E-state index contributed by atoms with van der Waals surface area (Å²) in [6.07, 6.45) is 34.4. The first kappa shape index (κ1) is 40.5. The van der Waals surface area contributed by atoms with Crippen LogP contribution in [0.15, 0.2) is 266 Å². The largest absolute Gasteiger partial charge is 0.311 e. The molecule has 4 aliphatic rings. The minimum absolute atomic E-state index is 0.408. The predicted molar refractivity (Wildman–Crippen MR) is 271 cm³/mol. The number of hydrogen-bond donors (Lipinski definition) is 0. The van der Waals surface area contributed by atoms with E-state index in [1.807, 2.05) is 0 Å². The zero-order valence-corrected chi connectivity index (χ0v) is 36.3. The van der Waals surface area contributed by atoms with Crippen LogP contribution < -0.4 is 19.6 Å². The van der Waals surface area contributed by atoms with E-state index in [9.17, 15) is 0 Å². The van der Waals surface area contributed by atoms with Crippen LogP contribution in [0.1, 0.15) is 38.5 Å². The van der Waals surface area contributed by atoms with Crippen molar-refractivity contribution in [2.24, 2.45) is 11.8 Å². The highest BCUT2D eigenvalue weighted by Gasteiger charge is 2.25. The average molecular weight is 831 g/mol. The lowest BCUT2D eigenvalue weighted by Gasteiger charge is -2.33. The van der Waals surface area contributed by atoms with E-state index in [-0.39, 0.29) is 0 Å². The standard InChI is InChI=1S/C60H54N4/c1-7-19-49(20-8-1)61(50-21-9-2-10-22-50)57-39-43-59(44-40-57)63(53-27-15-5-16-28-53)55-35-31-47(32-36-55)48-33-37-56(38-34-48)64(54-29-17-6-18-30-54)60-45-41-58(42-46-60)62(51-23-11-3-12-24-51)52-25-13-4-14-26-52/h1,3,5-9,11-13,15-31,33,35-48H,2,4,10,14,32,34H2. The Hall–Kier alpha value is -7.56. The quantitative estimate of drug-likeness (QED) is 0.115. The van der Waals surface area contributed by atoms with Gasteiger partial charge in [-0.2, -0.15) is 0 Å². The molecule has 6 aromatic carbocycles. The van der Waals surface area contributed by atoms with Crippen molar-refractivity contribution in [3.63, 3.8) is 0 Å². The summed E-state index contributed by atoms with van der Waals surface area (Å²) in [6.45, 7) is 0. The molecule has 0 aromatic heterocycles. The second-order valence-electron chi connectivity index (χ2n) is 16.7. The van der Waals surface area contributed by atoms with Gasteiger partial charge in [0.15, 0.2) is 0 Å². The van der Waals surface area contributed by atoms with E-state index in [4.69, 9.17) is 0 Å². The van der Waals surface area contributed by atoms with Gasteiger partial charge in [-0.15, -0.1) is 0 Å². The van der Waals surface area contributed by atoms with E-state index in [0.29, 0.717) is 11.8 Å². The Bertz CT molecular complexity index is 2560. The molecule has 314 valence electrons. The van der Waals surface area contributed by atoms with Crippen molar-refractivity contribution >= 4 is 45.5 Å². The molecule has 6 aromatic rings. The fourth-order valence-corrected chi connectivity index (χ4v) is 9.35. The third-order valence-corrected chi connectivity index (χ3v) is 12.6. The molecular formula is C60H54N4. The van der Waals surface area contributed by atoms with Gasteiger partial charge in [-0.1, -0.05) is 121 Å². The second kappa shape index (κ2) is 19.2. The summed E-state index contributed by atoms with van der Waals surface area (Å²) in [5.74, 6) is 0.816. The topological polar surface area (TPSA) is 13.0 Å². The Balaban J connectivity index is 0.872. The minimum atomic E-state index is 0.408. The maximum atomic E-state index is 2.44. The number of anilines is 8. The maximum Gasteiger partial charge on any atom is 0.0462 e. The average Bonchev–Trinajstić information content (AvgIpc) is 3.38. The van der Waals surface area contributed by atoms with Crippen LogP contribution in [0.4, 0.5) is 45.5 Å². The zero-order valence-electron chi connectivity index (χ0n) is 36.3. The second-order valence-corrected chi connectivity index (χ2v) is 16.7. The monoisotopic (exact) mass is 830 g/mol. The van der Waals surface area contributed by atoms with Crippen LogP contribution in [-0.2, 0) is 0 Å². The van der Waals surface area contributed by atoms with E-state index < -0.39 is 0 Å². The highest BCUT2D eigenvalue weighted by atomic mass is 15.2. The van der Waals surface area contributed by atoms with Gasteiger partial charge < -0.3 is 19.6 Å². The highest BCUT2D eigenvalue weighted by Crippen LogP contribution is 2.41. The number of allylic oxidation sites excluding steroid dienone is 12. The molecule has 2 atom stereocenters. The molecule has 0 bridgehead atoms. The minimum Gasteiger partial charge on any atom is -0.311 e.